The Bertz CT molecular complexity index is 916. The molecule has 0 aromatic carbocycles. The molecular weight excluding hydrogens is 745 g/mol. The molecule has 0 rings (SSSR count). The summed E-state index contributed by atoms with van der Waals surface area (Å²) in [6.07, 6.45) is 48.3. The first-order chi connectivity index (χ1) is 29.2. The van der Waals surface area contributed by atoms with E-state index in [1.807, 2.05) is 0 Å². The molecule has 356 valence electrons. The monoisotopic (exact) mass is 849 g/mol. The van der Waals surface area contributed by atoms with Crippen LogP contribution in [0.4, 0.5) is 0 Å². The normalized spacial score (nSPS) is 12.1. The second-order valence-corrected chi connectivity index (χ2v) is 19.5. The Labute approximate surface area is 374 Å². The Morgan fingerprint density at radius 1 is 0.317 bits per heavy atom. The van der Waals surface area contributed by atoms with Gasteiger partial charge in [0.15, 0.2) is 6.10 Å². The third kappa shape index (κ3) is 47.5. The molecule has 6 heteroatoms. The first-order valence-corrected chi connectivity index (χ1v) is 26.7. The zero-order valence-corrected chi connectivity index (χ0v) is 41.1. The highest BCUT2D eigenvalue weighted by Crippen LogP contribution is 2.18. The number of carbonyl (C=O) groups excluding carboxylic acids is 3. The molecule has 0 amide bonds. The molecule has 0 unspecified atom stereocenters. The zero-order chi connectivity index (χ0) is 44.0. The van der Waals surface area contributed by atoms with Crippen molar-refractivity contribution in [2.24, 2.45) is 11.8 Å². The van der Waals surface area contributed by atoms with Gasteiger partial charge in [-0.05, 0) is 31.1 Å². The SMILES string of the molecule is CCCCCCCCCC(=O)OC[C@H](COC(=O)CCCCCCCCCCCCCCCCCCCCC(C)C)OC(=O)CCCCCCCCCCCCCC(C)C. The van der Waals surface area contributed by atoms with E-state index in [-0.39, 0.29) is 31.1 Å². The standard InChI is InChI=1S/C54H104O6/c1-6-7-8-9-27-34-39-44-52(55)58-47-51(60-54(57)46-41-36-31-26-22-18-20-24-29-33-38-43-50(4)5)48-59-53(56)45-40-35-30-25-21-17-15-13-11-10-12-14-16-19-23-28-32-37-42-49(2)3/h49-51H,6-48H2,1-5H3/t51-/m1/s1. The number of ether oxygens (including phenoxy) is 3. The molecule has 0 aromatic rings. The molecule has 0 spiro atoms. The van der Waals surface area contributed by atoms with E-state index in [9.17, 15) is 14.4 Å². The fourth-order valence-electron chi connectivity index (χ4n) is 8.17. The van der Waals surface area contributed by atoms with Crippen LogP contribution in [0.3, 0.4) is 0 Å². The summed E-state index contributed by atoms with van der Waals surface area (Å²) in [6.45, 7) is 11.4. The van der Waals surface area contributed by atoms with Crippen molar-refractivity contribution in [1.82, 2.24) is 0 Å². The van der Waals surface area contributed by atoms with Crippen molar-refractivity contribution in [3.63, 3.8) is 0 Å². The maximum atomic E-state index is 12.8. The molecule has 0 radical (unpaired) electrons. The van der Waals surface area contributed by atoms with E-state index in [0.29, 0.717) is 19.3 Å². The maximum Gasteiger partial charge on any atom is 0.306 e. The fourth-order valence-corrected chi connectivity index (χ4v) is 8.17. The predicted octanol–water partition coefficient (Wildman–Crippen LogP) is 17.3. The smallest absolute Gasteiger partial charge is 0.306 e. The molecule has 0 N–H and O–H groups in total. The molecular formula is C54H104O6. The van der Waals surface area contributed by atoms with Crippen molar-refractivity contribution in [3.8, 4) is 0 Å². The third-order valence-electron chi connectivity index (χ3n) is 12.2. The number of carbonyl (C=O) groups is 3. The molecule has 0 aliphatic carbocycles. The van der Waals surface area contributed by atoms with Crippen molar-refractivity contribution in [2.75, 3.05) is 13.2 Å². The summed E-state index contributed by atoms with van der Waals surface area (Å²) >= 11 is 0. The molecule has 0 fully saturated rings. The summed E-state index contributed by atoms with van der Waals surface area (Å²) in [7, 11) is 0. The molecule has 0 saturated carbocycles. The predicted molar refractivity (Wildman–Crippen MR) is 256 cm³/mol. The van der Waals surface area contributed by atoms with Gasteiger partial charge in [0.1, 0.15) is 13.2 Å². The lowest BCUT2D eigenvalue weighted by atomic mass is 10.0. The Morgan fingerprint density at radius 2 is 0.550 bits per heavy atom. The Morgan fingerprint density at radius 3 is 0.817 bits per heavy atom. The van der Waals surface area contributed by atoms with Crippen LogP contribution in [0, 0.1) is 11.8 Å². The van der Waals surface area contributed by atoms with E-state index in [4.69, 9.17) is 14.2 Å². The van der Waals surface area contributed by atoms with Crippen LogP contribution < -0.4 is 0 Å². The summed E-state index contributed by atoms with van der Waals surface area (Å²) in [5.41, 5.74) is 0. The van der Waals surface area contributed by atoms with Crippen LogP contribution in [-0.4, -0.2) is 37.2 Å². The Kier molecular flexibility index (Phi) is 45.7. The van der Waals surface area contributed by atoms with Gasteiger partial charge in [-0.2, -0.15) is 0 Å². The van der Waals surface area contributed by atoms with Crippen LogP contribution in [0.25, 0.3) is 0 Å². The van der Waals surface area contributed by atoms with Gasteiger partial charge in [0.2, 0.25) is 0 Å². The summed E-state index contributed by atoms with van der Waals surface area (Å²) in [5.74, 6) is 0.831. The molecule has 0 saturated heterocycles. The second kappa shape index (κ2) is 46.9. The van der Waals surface area contributed by atoms with Gasteiger partial charge in [-0.25, -0.2) is 0 Å². The van der Waals surface area contributed by atoms with E-state index in [2.05, 4.69) is 34.6 Å². The van der Waals surface area contributed by atoms with E-state index >= 15 is 0 Å². The van der Waals surface area contributed by atoms with Gasteiger partial charge < -0.3 is 14.2 Å². The highest BCUT2D eigenvalue weighted by Gasteiger charge is 2.19. The van der Waals surface area contributed by atoms with Gasteiger partial charge in [-0.15, -0.1) is 0 Å². The molecule has 0 bridgehead atoms. The molecule has 6 nitrogen and oxygen atoms in total. The minimum Gasteiger partial charge on any atom is -0.462 e. The third-order valence-corrected chi connectivity index (χ3v) is 12.2. The van der Waals surface area contributed by atoms with E-state index in [1.165, 1.54) is 186 Å². The summed E-state index contributed by atoms with van der Waals surface area (Å²) in [6, 6.07) is 0. The lowest BCUT2D eigenvalue weighted by Gasteiger charge is -2.18. The number of rotatable bonds is 48. The Balaban J connectivity index is 4.13. The highest BCUT2D eigenvalue weighted by atomic mass is 16.6. The van der Waals surface area contributed by atoms with Crippen molar-refractivity contribution < 1.29 is 28.6 Å². The second-order valence-electron chi connectivity index (χ2n) is 19.5. The molecule has 0 heterocycles. The van der Waals surface area contributed by atoms with Crippen molar-refractivity contribution in [3.05, 3.63) is 0 Å². The molecule has 60 heavy (non-hydrogen) atoms. The summed E-state index contributed by atoms with van der Waals surface area (Å²) in [4.78, 5) is 37.8. The first kappa shape index (κ1) is 58.4. The van der Waals surface area contributed by atoms with Crippen LogP contribution in [-0.2, 0) is 28.6 Å². The summed E-state index contributed by atoms with van der Waals surface area (Å²) < 4.78 is 16.8. The molecule has 0 aromatic heterocycles. The number of esters is 3. The quantitative estimate of drug-likeness (QED) is 0.0345. The number of unbranched alkanes of at least 4 members (excludes halogenated alkanes) is 33. The average Bonchev–Trinajstić information content (AvgIpc) is 3.22. The average molecular weight is 849 g/mol. The van der Waals surface area contributed by atoms with E-state index < -0.39 is 6.10 Å². The van der Waals surface area contributed by atoms with Crippen molar-refractivity contribution >= 4 is 17.9 Å². The van der Waals surface area contributed by atoms with Gasteiger partial charge in [0.05, 0.1) is 0 Å². The molecule has 0 aliphatic rings. The lowest BCUT2D eigenvalue weighted by molar-refractivity contribution is -0.167. The highest BCUT2D eigenvalue weighted by molar-refractivity contribution is 5.71. The van der Waals surface area contributed by atoms with Gasteiger partial charge >= 0.3 is 17.9 Å². The maximum absolute atomic E-state index is 12.8. The first-order valence-electron chi connectivity index (χ1n) is 26.7. The number of hydrogen-bond acceptors (Lipinski definition) is 6. The van der Waals surface area contributed by atoms with Crippen LogP contribution in [0.2, 0.25) is 0 Å². The van der Waals surface area contributed by atoms with Crippen LogP contribution in [0.15, 0.2) is 0 Å². The molecule has 1 atom stereocenters. The topological polar surface area (TPSA) is 78.9 Å². The van der Waals surface area contributed by atoms with Gasteiger partial charge in [0.25, 0.3) is 0 Å². The van der Waals surface area contributed by atoms with Crippen LogP contribution in [0.5, 0.6) is 0 Å². The summed E-state index contributed by atoms with van der Waals surface area (Å²) in [5, 5.41) is 0. The minimum absolute atomic E-state index is 0.0638. The van der Waals surface area contributed by atoms with Gasteiger partial charge in [0, 0.05) is 19.3 Å². The minimum atomic E-state index is -0.760. The lowest BCUT2D eigenvalue weighted by Crippen LogP contribution is -2.30. The van der Waals surface area contributed by atoms with E-state index in [0.717, 1.165) is 69.6 Å². The fraction of sp³-hybridized carbons (Fsp3) is 0.944. The van der Waals surface area contributed by atoms with Crippen LogP contribution in [0.1, 0.15) is 298 Å². The number of hydrogen-bond donors (Lipinski definition) is 0. The van der Waals surface area contributed by atoms with Crippen molar-refractivity contribution in [1.29, 1.82) is 0 Å². The van der Waals surface area contributed by atoms with E-state index in [1.54, 1.807) is 0 Å². The zero-order valence-electron chi connectivity index (χ0n) is 41.1. The van der Waals surface area contributed by atoms with Crippen molar-refractivity contribution in [2.45, 2.75) is 304 Å². The largest absolute Gasteiger partial charge is 0.462 e. The van der Waals surface area contributed by atoms with Gasteiger partial charge in [-0.3, -0.25) is 14.4 Å². The Hall–Kier alpha value is -1.59. The van der Waals surface area contributed by atoms with Crippen LogP contribution >= 0.6 is 0 Å². The van der Waals surface area contributed by atoms with Gasteiger partial charge in [-0.1, -0.05) is 259 Å². The molecule has 0 aliphatic heterocycles.